The minimum Gasteiger partial charge on any atom is -0.283 e. The van der Waals surface area contributed by atoms with Crippen molar-refractivity contribution >= 4 is 25.7 Å². The van der Waals surface area contributed by atoms with E-state index in [1.165, 1.54) is 4.31 Å². The molecule has 0 fully saturated rings. The fourth-order valence-electron chi connectivity index (χ4n) is 2.30. The first-order valence-electron chi connectivity index (χ1n) is 7.27. The lowest BCUT2D eigenvalue weighted by Crippen LogP contribution is -2.37. The van der Waals surface area contributed by atoms with Crippen LogP contribution in [0.1, 0.15) is 31.9 Å². The Kier molecular flexibility index (Phi) is 4.84. The topological polar surface area (TPSA) is 83.6 Å². The molecule has 0 atom stereocenters. The second-order valence-electron chi connectivity index (χ2n) is 5.66. The van der Waals surface area contributed by atoms with Crippen LogP contribution in [0.3, 0.4) is 0 Å². The van der Waals surface area contributed by atoms with Crippen LogP contribution in [0.4, 0.5) is 5.69 Å². The van der Waals surface area contributed by atoms with E-state index in [9.17, 15) is 16.8 Å². The number of nitrogens with zero attached hydrogens (tertiary/aromatic N) is 1. The van der Waals surface area contributed by atoms with E-state index in [1.54, 1.807) is 32.9 Å². The SMILES string of the molecule is CCS(=O)(=O)N1CCc2ccc(NS(=O)(=O)C(C)C)cc2C1. The number of fused-ring (bicyclic) bond motifs is 1. The van der Waals surface area contributed by atoms with Crippen LogP contribution in [0.25, 0.3) is 0 Å². The van der Waals surface area contributed by atoms with E-state index in [0.717, 1.165) is 11.1 Å². The van der Waals surface area contributed by atoms with Gasteiger partial charge in [-0.3, -0.25) is 4.72 Å². The lowest BCUT2D eigenvalue weighted by atomic mass is 10.0. The van der Waals surface area contributed by atoms with E-state index in [-0.39, 0.29) is 5.75 Å². The molecule has 1 aliphatic heterocycles. The third kappa shape index (κ3) is 3.61. The zero-order valence-electron chi connectivity index (χ0n) is 13.0. The molecule has 0 aliphatic carbocycles. The molecular formula is C14H22N2O4S2. The highest BCUT2D eigenvalue weighted by Crippen LogP contribution is 2.25. The molecule has 8 heteroatoms. The van der Waals surface area contributed by atoms with E-state index >= 15 is 0 Å². The van der Waals surface area contributed by atoms with Gasteiger partial charge in [-0.2, -0.15) is 4.31 Å². The molecule has 0 saturated heterocycles. The van der Waals surface area contributed by atoms with Crippen molar-refractivity contribution in [1.82, 2.24) is 4.31 Å². The van der Waals surface area contributed by atoms with Gasteiger partial charge < -0.3 is 0 Å². The minimum atomic E-state index is -3.41. The number of hydrogen-bond donors (Lipinski definition) is 1. The molecule has 22 heavy (non-hydrogen) atoms. The van der Waals surface area contributed by atoms with E-state index in [2.05, 4.69) is 4.72 Å². The maximum atomic E-state index is 12.0. The summed E-state index contributed by atoms with van der Waals surface area (Å²) in [5.74, 6) is 0.0714. The Balaban J connectivity index is 2.27. The van der Waals surface area contributed by atoms with Crippen LogP contribution < -0.4 is 4.72 Å². The zero-order chi connectivity index (χ0) is 16.5. The van der Waals surface area contributed by atoms with Crippen molar-refractivity contribution in [2.24, 2.45) is 0 Å². The van der Waals surface area contributed by atoms with Crippen molar-refractivity contribution in [3.63, 3.8) is 0 Å². The van der Waals surface area contributed by atoms with Crippen molar-refractivity contribution in [2.75, 3.05) is 17.0 Å². The summed E-state index contributed by atoms with van der Waals surface area (Å²) >= 11 is 0. The molecule has 0 amide bonds. The maximum absolute atomic E-state index is 12.0. The summed E-state index contributed by atoms with van der Waals surface area (Å²) in [6.45, 7) is 5.60. The van der Waals surface area contributed by atoms with Crippen LogP contribution in [0.2, 0.25) is 0 Å². The van der Waals surface area contributed by atoms with Gasteiger partial charge >= 0.3 is 0 Å². The van der Waals surface area contributed by atoms with Gasteiger partial charge in [0.2, 0.25) is 20.0 Å². The van der Waals surface area contributed by atoms with Crippen molar-refractivity contribution in [3.8, 4) is 0 Å². The summed E-state index contributed by atoms with van der Waals surface area (Å²) in [5.41, 5.74) is 2.39. The molecular weight excluding hydrogens is 324 g/mol. The largest absolute Gasteiger partial charge is 0.283 e. The van der Waals surface area contributed by atoms with Gasteiger partial charge in [0.05, 0.1) is 11.0 Å². The third-order valence-corrected chi connectivity index (χ3v) is 7.41. The van der Waals surface area contributed by atoms with Crippen LogP contribution in [0.5, 0.6) is 0 Å². The maximum Gasteiger partial charge on any atom is 0.235 e. The average Bonchev–Trinajstić information content (AvgIpc) is 2.45. The lowest BCUT2D eigenvalue weighted by Gasteiger charge is -2.28. The summed E-state index contributed by atoms with van der Waals surface area (Å²) in [5, 5.41) is -0.527. The van der Waals surface area contributed by atoms with Gasteiger partial charge in [0.15, 0.2) is 0 Å². The first-order chi connectivity index (χ1) is 10.2. The molecule has 1 N–H and O–H groups in total. The molecule has 0 radical (unpaired) electrons. The Morgan fingerprint density at radius 1 is 1.18 bits per heavy atom. The Morgan fingerprint density at radius 2 is 1.86 bits per heavy atom. The van der Waals surface area contributed by atoms with Crippen LogP contribution >= 0.6 is 0 Å². The van der Waals surface area contributed by atoms with Gasteiger partial charge in [0.1, 0.15) is 0 Å². The van der Waals surface area contributed by atoms with Gasteiger partial charge in [-0.25, -0.2) is 16.8 Å². The second kappa shape index (κ2) is 6.17. The highest BCUT2D eigenvalue weighted by atomic mass is 32.2. The van der Waals surface area contributed by atoms with Gasteiger partial charge in [-0.1, -0.05) is 6.07 Å². The van der Waals surface area contributed by atoms with Crippen molar-refractivity contribution in [2.45, 2.75) is 39.0 Å². The number of anilines is 1. The van der Waals surface area contributed by atoms with Crippen molar-refractivity contribution in [3.05, 3.63) is 29.3 Å². The van der Waals surface area contributed by atoms with Gasteiger partial charge in [-0.05, 0) is 50.5 Å². The predicted octanol–water partition coefficient (Wildman–Crippen LogP) is 1.54. The standard InChI is InChI=1S/C14H22N2O4S2/c1-4-21(17,18)16-8-7-12-5-6-14(9-13(12)10-16)15-22(19,20)11(2)3/h5-6,9,11,15H,4,7-8,10H2,1-3H3. The lowest BCUT2D eigenvalue weighted by molar-refractivity contribution is 0.392. The Hall–Kier alpha value is -1.12. The Bertz CT molecular complexity index is 755. The molecule has 0 saturated carbocycles. The highest BCUT2D eigenvalue weighted by molar-refractivity contribution is 7.93. The quantitative estimate of drug-likeness (QED) is 0.877. The summed E-state index contributed by atoms with van der Waals surface area (Å²) in [6.07, 6.45) is 0.645. The smallest absolute Gasteiger partial charge is 0.235 e. The predicted molar refractivity (Wildman–Crippen MR) is 87.7 cm³/mol. The molecule has 6 nitrogen and oxygen atoms in total. The molecule has 1 heterocycles. The molecule has 1 aliphatic rings. The highest BCUT2D eigenvalue weighted by Gasteiger charge is 2.25. The fourth-order valence-corrected chi connectivity index (χ4v) is 4.06. The zero-order valence-corrected chi connectivity index (χ0v) is 14.7. The van der Waals surface area contributed by atoms with Crippen molar-refractivity contribution < 1.29 is 16.8 Å². The molecule has 1 aromatic rings. The Labute approximate surface area is 132 Å². The van der Waals surface area contributed by atoms with Crippen LogP contribution in [-0.2, 0) is 33.0 Å². The van der Waals surface area contributed by atoms with E-state index < -0.39 is 25.3 Å². The molecule has 0 spiro atoms. The van der Waals surface area contributed by atoms with E-state index in [0.29, 0.717) is 25.2 Å². The van der Waals surface area contributed by atoms with E-state index in [1.807, 2.05) is 6.07 Å². The Morgan fingerprint density at radius 3 is 2.45 bits per heavy atom. The molecule has 0 aromatic heterocycles. The minimum absolute atomic E-state index is 0.0714. The van der Waals surface area contributed by atoms with Crippen LogP contribution in [0.15, 0.2) is 18.2 Å². The number of hydrogen-bond acceptors (Lipinski definition) is 4. The first-order valence-corrected chi connectivity index (χ1v) is 10.4. The summed E-state index contributed by atoms with van der Waals surface area (Å²) in [4.78, 5) is 0. The molecule has 2 rings (SSSR count). The fraction of sp³-hybridized carbons (Fsp3) is 0.571. The summed E-state index contributed by atoms with van der Waals surface area (Å²) in [6, 6.07) is 5.32. The number of rotatable bonds is 5. The second-order valence-corrected chi connectivity index (χ2v) is 10.2. The third-order valence-electron chi connectivity index (χ3n) is 3.82. The van der Waals surface area contributed by atoms with Crippen molar-refractivity contribution in [1.29, 1.82) is 0 Å². The number of sulfonamides is 2. The van der Waals surface area contributed by atoms with Gasteiger partial charge in [0, 0.05) is 18.8 Å². The number of nitrogens with one attached hydrogen (secondary N) is 1. The first kappa shape index (κ1) is 17.2. The van der Waals surface area contributed by atoms with Crippen LogP contribution in [-0.4, -0.2) is 38.7 Å². The molecule has 0 unspecified atom stereocenters. The van der Waals surface area contributed by atoms with Gasteiger partial charge in [0.25, 0.3) is 0 Å². The summed E-state index contributed by atoms with van der Waals surface area (Å²) in [7, 11) is -6.64. The number of benzene rings is 1. The van der Waals surface area contributed by atoms with Gasteiger partial charge in [-0.15, -0.1) is 0 Å². The summed E-state index contributed by atoms with van der Waals surface area (Å²) < 4.78 is 51.8. The molecule has 124 valence electrons. The monoisotopic (exact) mass is 346 g/mol. The average molecular weight is 346 g/mol. The normalized spacial score (nSPS) is 16.5. The molecule has 1 aromatic carbocycles. The van der Waals surface area contributed by atoms with E-state index in [4.69, 9.17) is 0 Å². The molecule has 0 bridgehead atoms. The van der Waals surface area contributed by atoms with Crippen LogP contribution in [0, 0.1) is 0 Å².